The van der Waals surface area contributed by atoms with Crippen LogP contribution in [0.4, 0.5) is 4.39 Å². The summed E-state index contributed by atoms with van der Waals surface area (Å²) in [4.78, 5) is 0. The fraction of sp³-hybridized carbons (Fsp3) is 0.0769. The summed E-state index contributed by atoms with van der Waals surface area (Å²) in [5.74, 6) is 0.120. The maximum Gasteiger partial charge on any atom is 0.124 e. The van der Waals surface area contributed by atoms with Crippen LogP contribution in [0.15, 0.2) is 53.0 Å². The molecule has 2 aromatic carbocycles. The predicted octanol–water partition coefficient (Wildman–Crippen LogP) is 4.29. The second-order valence-electron chi connectivity index (χ2n) is 3.23. The Morgan fingerprint density at radius 3 is 2.06 bits per heavy atom. The zero-order valence-electron chi connectivity index (χ0n) is 8.82. The minimum absolute atomic E-state index is 0.201. The first kappa shape index (κ1) is 12.7. The lowest BCUT2D eigenvalue weighted by Crippen LogP contribution is -1.76. The Hall–Kier alpha value is -1.35. The summed E-state index contributed by atoms with van der Waals surface area (Å²) in [6.07, 6.45) is 0. The minimum Gasteiger partial charge on any atom is -0.508 e. The van der Waals surface area contributed by atoms with E-state index in [1.54, 1.807) is 30.3 Å². The standard InChI is InChI=1S/C7H6BrF.C6H6O/c1-5-2-3-6(9)4-7(5)8;7-6-4-2-1-3-5-6/h2-4H,1H3;1-5,7H. The van der Waals surface area contributed by atoms with Crippen molar-refractivity contribution >= 4 is 15.9 Å². The summed E-state index contributed by atoms with van der Waals surface area (Å²) in [5.41, 5.74) is 1.05. The molecule has 0 aliphatic rings. The van der Waals surface area contributed by atoms with Crippen LogP contribution in [0.5, 0.6) is 5.75 Å². The number of benzene rings is 2. The molecule has 0 amide bonds. The fourth-order valence-corrected chi connectivity index (χ4v) is 1.35. The molecule has 0 aromatic heterocycles. The van der Waals surface area contributed by atoms with Crippen LogP contribution in [0, 0.1) is 12.7 Å². The van der Waals surface area contributed by atoms with E-state index in [0.29, 0.717) is 5.75 Å². The fourth-order valence-electron chi connectivity index (χ4n) is 0.995. The van der Waals surface area contributed by atoms with Gasteiger partial charge in [0, 0.05) is 4.47 Å². The van der Waals surface area contributed by atoms with Gasteiger partial charge in [0.15, 0.2) is 0 Å². The van der Waals surface area contributed by atoms with Crippen LogP contribution in [-0.4, -0.2) is 5.11 Å². The van der Waals surface area contributed by atoms with E-state index in [0.717, 1.165) is 10.0 Å². The maximum atomic E-state index is 12.3. The third-order valence-corrected chi connectivity index (χ3v) is 2.74. The first-order chi connectivity index (χ1) is 7.59. The van der Waals surface area contributed by atoms with Gasteiger partial charge >= 0.3 is 0 Å². The van der Waals surface area contributed by atoms with Gasteiger partial charge in [0.05, 0.1) is 0 Å². The lowest BCUT2D eigenvalue weighted by Gasteiger charge is -1.94. The number of halogens is 2. The van der Waals surface area contributed by atoms with Gasteiger partial charge in [-0.3, -0.25) is 0 Å². The number of aromatic hydroxyl groups is 1. The van der Waals surface area contributed by atoms with Gasteiger partial charge in [-0.15, -0.1) is 0 Å². The number of para-hydroxylation sites is 1. The van der Waals surface area contributed by atoms with Crippen LogP contribution in [-0.2, 0) is 0 Å². The van der Waals surface area contributed by atoms with E-state index in [2.05, 4.69) is 15.9 Å². The van der Waals surface area contributed by atoms with E-state index in [1.807, 2.05) is 13.0 Å². The third-order valence-electron chi connectivity index (χ3n) is 1.89. The van der Waals surface area contributed by atoms with Gasteiger partial charge < -0.3 is 5.11 Å². The third kappa shape index (κ3) is 4.45. The van der Waals surface area contributed by atoms with Crippen LogP contribution in [0.25, 0.3) is 0 Å². The van der Waals surface area contributed by atoms with Crippen molar-refractivity contribution in [2.75, 3.05) is 0 Å². The van der Waals surface area contributed by atoms with Gasteiger partial charge in [0.25, 0.3) is 0 Å². The molecule has 0 fully saturated rings. The Balaban J connectivity index is 0.000000165. The summed E-state index contributed by atoms with van der Waals surface area (Å²) in [6, 6.07) is 13.3. The second-order valence-corrected chi connectivity index (χ2v) is 4.08. The molecule has 0 aliphatic carbocycles. The van der Waals surface area contributed by atoms with Crippen molar-refractivity contribution in [3.8, 4) is 5.75 Å². The number of rotatable bonds is 0. The van der Waals surface area contributed by atoms with Crippen LogP contribution in [0.3, 0.4) is 0 Å². The number of aryl methyl sites for hydroxylation is 1. The Morgan fingerprint density at radius 2 is 1.69 bits per heavy atom. The van der Waals surface area contributed by atoms with Crippen LogP contribution in [0.1, 0.15) is 5.56 Å². The molecule has 2 aromatic rings. The summed E-state index contributed by atoms with van der Waals surface area (Å²) < 4.78 is 13.1. The normalized spacial score (nSPS) is 9.19. The summed E-state index contributed by atoms with van der Waals surface area (Å²) in [7, 11) is 0. The van der Waals surface area contributed by atoms with Crippen molar-refractivity contribution in [3.63, 3.8) is 0 Å². The van der Waals surface area contributed by atoms with Gasteiger partial charge in [0.2, 0.25) is 0 Å². The van der Waals surface area contributed by atoms with E-state index in [4.69, 9.17) is 5.11 Å². The lowest BCUT2D eigenvalue weighted by atomic mass is 10.2. The van der Waals surface area contributed by atoms with Crippen LogP contribution >= 0.6 is 15.9 Å². The largest absolute Gasteiger partial charge is 0.508 e. The zero-order chi connectivity index (χ0) is 12.0. The minimum atomic E-state index is -0.201. The number of phenolic OH excluding ortho intramolecular Hbond substituents is 1. The highest BCUT2D eigenvalue weighted by atomic mass is 79.9. The van der Waals surface area contributed by atoms with Crippen molar-refractivity contribution in [2.45, 2.75) is 6.92 Å². The Morgan fingerprint density at radius 1 is 1.06 bits per heavy atom. The summed E-state index contributed by atoms with van der Waals surface area (Å²) in [5, 5.41) is 8.63. The quantitative estimate of drug-likeness (QED) is 0.764. The first-order valence-electron chi connectivity index (χ1n) is 4.75. The van der Waals surface area contributed by atoms with Gasteiger partial charge in [-0.25, -0.2) is 4.39 Å². The summed E-state index contributed by atoms with van der Waals surface area (Å²) >= 11 is 3.21. The van der Waals surface area contributed by atoms with E-state index in [1.165, 1.54) is 12.1 Å². The number of hydrogen-bond donors (Lipinski definition) is 1. The highest BCUT2D eigenvalue weighted by molar-refractivity contribution is 9.10. The molecule has 0 heterocycles. The molecule has 0 aliphatic heterocycles. The predicted molar refractivity (Wildman–Crippen MR) is 66.9 cm³/mol. The molecule has 84 valence electrons. The van der Waals surface area contributed by atoms with Crippen LogP contribution < -0.4 is 0 Å². The second kappa shape index (κ2) is 6.28. The van der Waals surface area contributed by atoms with Gasteiger partial charge in [0.1, 0.15) is 11.6 Å². The van der Waals surface area contributed by atoms with E-state index < -0.39 is 0 Å². The SMILES string of the molecule is Cc1ccc(F)cc1Br.Oc1ccccc1. The summed E-state index contributed by atoms with van der Waals surface area (Å²) in [6.45, 7) is 1.92. The lowest BCUT2D eigenvalue weighted by molar-refractivity contribution is 0.475. The van der Waals surface area contributed by atoms with Crippen molar-refractivity contribution in [1.29, 1.82) is 0 Å². The van der Waals surface area contributed by atoms with Gasteiger partial charge in [-0.2, -0.15) is 0 Å². The molecule has 0 bridgehead atoms. The van der Waals surface area contributed by atoms with Gasteiger partial charge in [-0.1, -0.05) is 40.2 Å². The molecule has 0 atom stereocenters. The van der Waals surface area contributed by atoms with Crippen molar-refractivity contribution in [3.05, 3.63) is 64.4 Å². The van der Waals surface area contributed by atoms with Crippen molar-refractivity contribution in [1.82, 2.24) is 0 Å². The van der Waals surface area contributed by atoms with E-state index in [9.17, 15) is 4.39 Å². The molecule has 0 radical (unpaired) electrons. The van der Waals surface area contributed by atoms with Crippen molar-refractivity contribution in [2.24, 2.45) is 0 Å². The monoisotopic (exact) mass is 282 g/mol. The molecule has 16 heavy (non-hydrogen) atoms. The molecule has 0 unspecified atom stereocenters. The average Bonchev–Trinajstić information content (AvgIpc) is 2.26. The molecular weight excluding hydrogens is 271 g/mol. The number of phenols is 1. The topological polar surface area (TPSA) is 20.2 Å². The maximum absolute atomic E-state index is 12.3. The molecule has 1 nitrogen and oxygen atoms in total. The molecule has 0 spiro atoms. The first-order valence-corrected chi connectivity index (χ1v) is 5.54. The molecule has 2 rings (SSSR count). The number of hydrogen-bond acceptors (Lipinski definition) is 1. The highest BCUT2D eigenvalue weighted by Gasteiger charge is 1.93. The Kier molecular flexibility index (Phi) is 4.99. The van der Waals surface area contributed by atoms with Crippen LogP contribution in [0.2, 0.25) is 0 Å². The molecular formula is C13H12BrFO. The molecule has 0 saturated carbocycles. The van der Waals surface area contributed by atoms with Gasteiger partial charge in [-0.05, 0) is 36.8 Å². The Bertz CT molecular complexity index is 443. The Labute approximate surface area is 103 Å². The van der Waals surface area contributed by atoms with Crippen molar-refractivity contribution < 1.29 is 9.50 Å². The average molecular weight is 283 g/mol. The molecule has 0 saturated heterocycles. The van der Waals surface area contributed by atoms with E-state index >= 15 is 0 Å². The highest BCUT2D eigenvalue weighted by Crippen LogP contribution is 2.15. The molecule has 3 heteroatoms. The smallest absolute Gasteiger partial charge is 0.124 e. The molecule has 1 N–H and O–H groups in total. The zero-order valence-corrected chi connectivity index (χ0v) is 10.4. The van der Waals surface area contributed by atoms with E-state index in [-0.39, 0.29) is 5.82 Å².